The van der Waals surface area contributed by atoms with E-state index in [2.05, 4.69) is 10.4 Å². The van der Waals surface area contributed by atoms with Crippen LogP contribution in [0.3, 0.4) is 0 Å². The number of rotatable bonds is 8. The van der Waals surface area contributed by atoms with Gasteiger partial charge in [-0.25, -0.2) is 4.68 Å². The molecule has 0 aliphatic heterocycles. The molecule has 0 saturated heterocycles. The molecule has 1 aromatic heterocycles. The zero-order valence-corrected chi connectivity index (χ0v) is 12.1. The second-order valence-corrected chi connectivity index (χ2v) is 4.74. The van der Waals surface area contributed by atoms with E-state index in [1.807, 2.05) is 13.8 Å². The van der Waals surface area contributed by atoms with Crippen molar-refractivity contribution in [3.05, 3.63) is 28.2 Å². The molecule has 20 heavy (non-hydrogen) atoms. The van der Waals surface area contributed by atoms with Crippen LogP contribution in [0.25, 0.3) is 0 Å². The number of hydrogen-bond donors (Lipinski definition) is 2. The lowest BCUT2D eigenvalue weighted by atomic mass is 10.2. The molecule has 1 rings (SSSR count). The van der Waals surface area contributed by atoms with Crippen molar-refractivity contribution < 1.29 is 9.90 Å². The van der Waals surface area contributed by atoms with Crippen LogP contribution in [0.15, 0.2) is 16.9 Å². The molecule has 0 bridgehead atoms. The summed E-state index contributed by atoms with van der Waals surface area (Å²) in [5, 5.41) is 16.2. The summed E-state index contributed by atoms with van der Waals surface area (Å²) in [6, 6.07) is 2.79. The Bertz CT molecular complexity index is 485. The molecule has 6 heteroatoms. The average Bonchev–Trinajstić information content (AvgIpc) is 2.46. The van der Waals surface area contributed by atoms with Crippen LogP contribution in [0.1, 0.15) is 50.0 Å². The Morgan fingerprint density at radius 2 is 2.20 bits per heavy atom. The van der Waals surface area contributed by atoms with Crippen molar-refractivity contribution in [1.29, 1.82) is 0 Å². The predicted molar refractivity (Wildman–Crippen MR) is 76.7 cm³/mol. The van der Waals surface area contributed by atoms with Gasteiger partial charge in [0.2, 0.25) is 0 Å². The zero-order chi connectivity index (χ0) is 15.0. The van der Waals surface area contributed by atoms with Crippen molar-refractivity contribution in [2.75, 3.05) is 6.54 Å². The van der Waals surface area contributed by atoms with Crippen LogP contribution >= 0.6 is 0 Å². The van der Waals surface area contributed by atoms with E-state index >= 15 is 0 Å². The maximum absolute atomic E-state index is 11.9. The molecule has 0 aromatic carbocycles. The second kappa shape index (κ2) is 8.47. The number of carbonyl (C=O) groups excluding carboxylic acids is 1. The summed E-state index contributed by atoms with van der Waals surface area (Å²) in [5.41, 5.74) is 0.0306. The van der Waals surface area contributed by atoms with Gasteiger partial charge < -0.3 is 10.4 Å². The Kier molecular flexibility index (Phi) is 6.93. The highest BCUT2D eigenvalue weighted by atomic mass is 16.3. The van der Waals surface area contributed by atoms with Crippen molar-refractivity contribution in [3.8, 4) is 0 Å². The maximum Gasteiger partial charge on any atom is 0.271 e. The summed E-state index contributed by atoms with van der Waals surface area (Å²) in [5.74, 6) is -0.321. The molecule has 2 N–H and O–H groups in total. The van der Waals surface area contributed by atoms with Crippen LogP contribution in [0, 0.1) is 0 Å². The van der Waals surface area contributed by atoms with Crippen LogP contribution < -0.4 is 10.9 Å². The predicted octanol–water partition coefficient (Wildman–Crippen LogP) is 0.934. The van der Waals surface area contributed by atoms with Gasteiger partial charge in [-0.2, -0.15) is 5.10 Å². The third-order valence-corrected chi connectivity index (χ3v) is 3.06. The van der Waals surface area contributed by atoms with E-state index < -0.39 is 6.10 Å². The molecular weight excluding hydrogens is 258 g/mol. The van der Waals surface area contributed by atoms with E-state index in [1.165, 1.54) is 16.8 Å². The van der Waals surface area contributed by atoms with Crippen molar-refractivity contribution in [2.24, 2.45) is 0 Å². The van der Waals surface area contributed by atoms with Crippen LogP contribution in [0.2, 0.25) is 0 Å². The first-order chi connectivity index (χ1) is 9.58. The standard InChI is InChI=1S/C14H23N3O3/c1-3-5-10-17-13(19)7-6-12(16-17)14(20)15-9-8-11(18)4-2/h6-7,11,18H,3-5,8-10H2,1-2H3,(H,15,20). The highest BCUT2D eigenvalue weighted by Crippen LogP contribution is 1.97. The number of amides is 1. The lowest BCUT2D eigenvalue weighted by Gasteiger charge is -2.09. The molecule has 1 aromatic rings. The van der Waals surface area contributed by atoms with Crippen LogP contribution in [0.5, 0.6) is 0 Å². The number of aryl methyl sites for hydroxylation is 1. The minimum atomic E-state index is -0.401. The quantitative estimate of drug-likeness (QED) is 0.742. The van der Waals surface area contributed by atoms with Crippen molar-refractivity contribution in [2.45, 2.75) is 52.2 Å². The van der Waals surface area contributed by atoms with Gasteiger partial charge >= 0.3 is 0 Å². The molecule has 0 saturated carbocycles. The number of nitrogens with one attached hydrogen (secondary N) is 1. The molecule has 0 fully saturated rings. The monoisotopic (exact) mass is 281 g/mol. The lowest BCUT2D eigenvalue weighted by molar-refractivity contribution is 0.0934. The zero-order valence-electron chi connectivity index (χ0n) is 12.1. The Labute approximate surface area is 118 Å². The Morgan fingerprint density at radius 1 is 1.45 bits per heavy atom. The van der Waals surface area contributed by atoms with Crippen molar-refractivity contribution in [1.82, 2.24) is 15.1 Å². The SMILES string of the molecule is CCCCn1nc(C(=O)NCCC(O)CC)ccc1=O. The van der Waals surface area contributed by atoms with E-state index in [0.717, 1.165) is 12.8 Å². The smallest absolute Gasteiger partial charge is 0.271 e. The summed E-state index contributed by atoms with van der Waals surface area (Å²) in [4.78, 5) is 23.5. The van der Waals surface area contributed by atoms with E-state index in [4.69, 9.17) is 0 Å². The molecule has 1 amide bonds. The van der Waals surface area contributed by atoms with E-state index in [-0.39, 0.29) is 17.2 Å². The molecule has 112 valence electrons. The first kappa shape index (κ1) is 16.4. The molecular formula is C14H23N3O3. The van der Waals surface area contributed by atoms with E-state index in [0.29, 0.717) is 25.9 Å². The Balaban J connectivity index is 2.61. The summed E-state index contributed by atoms with van der Waals surface area (Å²) in [6.45, 7) is 4.83. The number of carbonyl (C=O) groups is 1. The fraction of sp³-hybridized carbons (Fsp3) is 0.643. The van der Waals surface area contributed by atoms with E-state index in [1.54, 1.807) is 0 Å². The molecule has 0 aliphatic carbocycles. The van der Waals surface area contributed by atoms with Gasteiger partial charge in [-0.1, -0.05) is 20.3 Å². The van der Waals surface area contributed by atoms with Gasteiger partial charge in [-0.15, -0.1) is 0 Å². The molecule has 1 unspecified atom stereocenters. The fourth-order valence-electron chi connectivity index (χ4n) is 1.69. The minimum absolute atomic E-state index is 0.198. The number of aromatic nitrogens is 2. The van der Waals surface area contributed by atoms with Gasteiger partial charge in [0.15, 0.2) is 0 Å². The number of nitrogens with zero attached hydrogens (tertiary/aromatic N) is 2. The first-order valence-corrected chi connectivity index (χ1v) is 7.12. The van der Waals surface area contributed by atoms with Gasteiger partial charge in [0, 0.05) is 19.2 Å². The molecule has 0 aliphatic rings. The van der Waals surface area contributed by atoms with Crippen molar-refractivity contribution >= 4 is 5.91 Å². The third kappa shape index (κ3) is 5.13. The van der Waals surface area contributed by atoms with Gasteiger partial charge in [-0.05, 0) is 25.3 Å². The Hall–Kier alpha value is -1.69. The lowest BCUT2D eigenvalue weighted by Crippen LogP contribution is -2.31. The molecule has 1 heterocycles. The largest absolute Gasteiger partial charge is 0.393 e. The highest BCUT2D eigenvalue weighted by molar-refractivity contribution is 5.91. The van der Waals surface area contributed by atoms with E-state index in [9.17, 15) is 14.7 Å². The molecule has 1 atom stereocenters. The van der Waals surface area contributed by atoms with Gasteiger partial charge in [0.1, 0.15) is 5.69 Å². The summed E-state index contributed by atoms with van der Waals surface area (Å²) in [6.07, 6.45) is 2.58. The normalized spacial score (nSPS) is 12.2. The molecule has 0 radical (unpaired) electrons. The number of aliphatic hydroxyl groups excluding tert-OH is 1. The van der Waals surface area contributed by atoms with Crippen LogP contribution in [-0.2, 0) is 6.54 Å². The summed E-state index contributed by atoms with van der Waals surface area (Å²) < 4.78 is 1.32. The number of hydrogen-bond acceptors (Lipinski definition) is 4. The third-order valence-electron chi connectivity index (χ3n) is 3.06. The molecule has 6 nitrogen and oxygen atoms in total. The summed E-state index contributed by atoms with van der Waals surface area (Å²) >= 11 is 0. The van der Waals surface area contributed by atoms with Crippen molar-refractivity contribution in [3.63, 3.8) is 0 Å². The first-order valence-electron chi connectivity index (χ1n) is 7.12. The van der Waals surface area contributed by atoms with Crippen LogP contribution in [-0.4, -0.2) is 33.4 Å². The average molecular weight is 281 g/mol. The van der Waals surface area contributed by atoms with Gasteiger partial charge in [0.05, 0.1) is 6.10 Å². The second-order valence-electron chi connectivity index (χ2n) is 4.74. The fourth-order valence-corrected chi connectivity index (χ4v) is 1.69. The number of unbranched alkanes of at least 4 members (excludes halogenated alkanes) is 1. The topological polar surface area (TPSA) is 84.2 Å². The summed E-state index contributed by atoms with van der Waals surface area (Å²) in [7, 11) is 0. The number of aliphatic hydroxyl groups is 1. The van der Waals surface area contributed by atoms with Gasteiger partial charge in [0.25, 0.3) is 11.5 Å². The molecule has 0 spiro atoms. The maximum atomic E-state index is 11.9. The minimum Gasteiger partial charge on any atom is -0.393 e. The Morgan fingerprint density at radius 3 is 2.85 bits per heavy atom. The van der Waals surface area contributed by atoms with Crippen LogP contribution in [0.4, 0.5) is 0 Å². The highest BCUT2D eigenvalue weighted by Gasteiger charge is 2.09. The van der Waals surface area contributed by atoms with Gasteiger partial charge in [-0.3, -0.25) is 9.59 Å².